The minimum atomic E-state index is -0.136. The summed E-state index contributed by atoms with van der Waals surface area (Å²) < 4.78 is 1.40. The van der Waals surface area contributed by atoms with Gasteiger partial charge in [-0.3, -0.25) is 4.79 Å². The number of nitrogens with zero attached hydrogens (tertiary/aromatic N) is 2. The van der Waals surface area contributed by atoms with E-state index in [1.807, 2.05) is 13.8 Å². The summed E-state index contributed by atoms with van der Waals surface area (Å²) in [5, 5.41) is 4.05. The Morgan fingerprint density at radius 1 is 1.17 bits per heavy atom. The molecule has 2 N–H and O–H groups in total. The molecule has 0 saturated carbocycles. The molecule has 0 spiro atoms. The first-order valence-corrected chi connectivity index (χ1v) is 5.88. The zero-order chi connectivity index (χ0) is 13.3. The number of nitrogens with two attached hydrogens (primary N) is 1. The van der Waals surface area contributed by atoms with Crippen LogP contribution in [0.4, 0.5) is 5.82 Å². The molecule has 0 saturated heterocycles. The lowest BCUT2D eigenvalue weighted by atomic mass is 10.00. The Labute approximate surface area is 106 Å². The highest BCUT2D eigenvalue weighted by atomic mass is 16.1. The van der Waals surface area contributed by atoms with Gasteiger partial charge in [-0.2, -0.15) is 5.10 Å². The average molecular weight is 243 g/mol. The molecule has 1 aromatic heterocycles. The van der Waals surface area contributed by atoms with Crippen LogP contribution in [0.5, 0.6) is 0 Å². The van der Waals surface area contributed by atoms with Crippen LogP contribution in [-0.4, -0.2) is 9.78 Å². The Kier molecular flexibility index (Phi) is 3.19. The van der Waals surface area contributed by atoms with Crippen molar-refractivity contribution >= 4 is 5.82 Å². The fourth-order valence-corrected chi connectivity index (χ4v) is 2.19. The molecule has 2 rings (SSSR count). The van der Waals surface area contributed by atoms with Gasteiger partial charge in [-0.1, -0.05) is 17.7 Å². The predicted molar refractivity (Wildman–Crippen MR) is 72.7 cm³/mol. The van der Waals surface area contributed by atoms with Crippen LogP contribution in [0.2, 0.25) is 0 Å². The maximum Gasteiger partial charge on any atom is 0.267 e. The smallest absolute Gasteiger partial charge is 0.267 e. The second-order valence-corrected chi connectivity index (χ2v) is 4.63. The maximum absolute atomic E-state index is 11.7. The summed E-state index contributed by atoms with van der Waals surface area (Å²) in [6.45, 7) is 6.62. The molecule has 1 aromatic carbocycles. The number of nitrogen functional groups attached to an aromatic ring is 1. The molecule has 94 valence electrons. The van der Waals surface area contributed by atoms with Crippen LogP contribution in [0.25, 0.3) is 0 Å². The van der Waals surface area contributed by atoms with Crippen molar-refractivity contribution in [3.8, 4) is 0 Å². The second-order valence-electron chi connectivity index (χ2n) is 4.63. The molecular weight excluding hydrogens is 226 g/mol. The summed E-state index contributed by atoms with van der Waals surface area (Å²) >= 11 is 0. The Morgan fingerprint density at radius 2 is 1.78 bits per heavy atom. The summed E-state index contributed by atoms with van der Waals surface area (Å²) in [5.74, 6) is 0.358. The van der Waals surface area contributed by atoms with E-state index in [0.29, 0.717) is 12.4 Å². The molecule has 0 aliphatic heterocycles. The molecule has 0 bridgehead atoms. The topological polar surface area (TPSA) is 60.9 Å². The van der Waals surface area contributed by atoms with Crippen LogP contribution in [0.1, 0.15) is 22.3 Å². The largest absolute Gasteiger partial charge is 0.382 e. The first-order chi connectivity index (χ1) is 8.47. The van der Waals surface area contributed by atoms with Crippen LogP contribution in [-0.2, 0) is 6.54 Å². The fraction of sp³-hybridized carbons (Fsp3) is 0.286. The van der Waals surface area contributed by atoms with E-state index in [9.17, 15) is 4.79 Å². The van der Waals surface area contributed by atoms with E-state index in [1.54, 1.807) is 0 Å². The lowest BCUT2D eigenvalue weighted by Crippen LogP contribution is -2.24. The number of rotatable bonds is 2. The Morgan fingerprint density at radius 3 is 2.39 bits per heavy atom. The summed E-state index contributed by atoms with van der Waals surface area (Å²) in [6.07, 6.45) is 0. The molecule has 0 aliphatic carbocycles. The molecule has 4 nitrogen and oxygen atoms in total. The second kappa shape index (κ2) is 4.64. The van der Waals surface area contributed by atoms with E-state index in [4.69, 9.17) is 5.73 Å². The number of anilines is 1. The number of hydrogen-bond donors (Lipinski definition) is 1. The van der Waals surface area contributed by atoms with E-state index < -0.39 is 0 Å². The van der Waals surface area contributed by atoms with Crippen molar-refractivity contribution in [3.63, 3.8) is 0 Å². The van der Waals surface area contributed by atoms with Crippen molar-refractivity contribution < 1.29 is 0 Å². The van der Waals surface area contributed by atoms with Crippen LogP contribution < -0.4 is 11.3 Å². The highest BCUT2D eigenvalue weighted by molar-refractivity contribution is 5.37. The highest BCUT2D eigenvalue weighted by Gasteiger charge is 2.07. The number of benzene rings is 1. The van der Waals surface area contributed by atoms with Gasteiger partial charge < -0.3 is 5.73 Å². The molecular formula is C14H17N3O. The SMILES string of the molecule is Cc1cc(C)c(Cn2nc(N)ccc2=O)c(C)c1. The fourth-order valence-electron chi connectivity index (χ4n) is 2.19. The number of aromatic nitrogens is 2. The molecule has 0 fully saturated rings. The first-order valence-electron chi connectivity index (χ1n) is 5.88. The summed E-state index contributed by atoms with van der Waals surface area (Å²) in [7, 11) is 0. The predicted octanol–water partition coefficient (Wildman–Crippen LogP) is 1.80. The van der Waals surface area contributed by atoms with Gasteiger partial charge in [-0.25, -0.2) is 4.68 Å². The lowest BCUT2D eigenvalue weighted by Gasteiger charge is -2.12. The minimum absolute atomic E-state index is 0.136. The van der Waals surface area contributed by atoms with Crippen molar-refractivity contribution in [1.82, 2.24) is 9.78 Å². The van der Waals surface area contributed by atoms with Gasteiger partial charge in [0.2, 0.25) is 0 Å². The third-order valence-electron chi connectivity index (χ3n) is 3.04. The van der Waals surface area contributed by atoms with E-state index in [-0.39, 0.29) is 5.56 Å². The van der Waals surface area contributed by atoms with E-state index in [1.165, 1.54) is 33.5 Å². The van der Waals surface area contributed by atoms with Crippen molar-refractivity contribution in [2.45, 2.75) is 27.3 Å². The van der Waals surface area contributed by atoms with Crippen molar-refractivity contribution in [2.24, 2.45) is 0 Å². The third-order valence-corrected chi connectivity index (χ3v) is 3.04. The number of hydrogen-bond acceptors (Lipinski definition) is 3. The van der Waals surface area contributed by atoms with E-state index >= 15 is 0 Å². The normalized spacial score (nSPS) is 10.6. The van der Waals surface area contributed by atoms with Gasteiger partial charge in [0.05, 0.1) is 6.54 Å². The summed E-state index contributed by atoms with van der Waals surface area (Å²) in [4.78, 5) is 11.7. The molecule has 0 amide bonds. The lowest BCUT2D eigenvalue weighted by molar-refractivity contribution is 0.639. The number of aryl methyl sites for hydroxylation is 3. The highest BCUT2D eigenvalue weighted by Crippen LogP contribution is 2.16. The van der Waals surface area contributed by atoms with Crippen LogP contribution in [0, 0.1) is 20.8 Å². The molecule has 0 radical (unpaired) electrons. The molecule has 0 aliphatic rings. The standard InChI is InChI=1S/C14H17N3O/c1-9-6-10(2)12(11(3)7-9)8-17-14(18)5-4-13(15)16-17/h4-7H,8H2,1-3H3,(H2,15,16). The Hall–Kier alpha value is -2.10. The van der Waals surface area contributed by atoms with Crippen LogP contribution >= 0.6 is 0 Å². The molecule has 2 aromatic rings. The minimum Gasteiger partial charge on any atom is -0.382 e. The summed E-state index contributed by atoms with van der Waals surface area (Å²) in [6, 6.07) is 7.19. The first kappa shape index (κ1) is 12.4. The van der Waals surface area contributed by atoms with Crippen LogP contribution in [0.3, 0.4) is 0 Å². The Bertz CT molecular complexity index is 621. The molecule has 0 atom stereocenters. The average Bonchev–Trinajstić information content (AvgIpc) is 2.28. The quantitative estimate of drug-likeness (QED) is 0.874. The van der Waals surface area contributed by atoms with Crippen LogP contribution in [0.15, 0.2) is 29.1 Å². The van der Waals surface area contributed by atoms with Gasteiger partial charge in [0.25, 0.3) is 5.56 Å². The van der Waals surface area contributed by atoms with Crippen molar-refractivity contribution in [2.75, 3.05) is 5.73 Å². The summed E-state index contributed by atoms with van der Waals surface area (Å²) in [5.41, 5.74) is 10.2. The molecule has 4 heteroatoms. The molecule has 18 heavy (non-hydrogen) atoms. The van der Waals surface area contributed by atoms with Gasteiger partial charge in [-0.15, -0.1) is 0 Å². The molecule has 0 unspecified atom stereocenters. The molecule has 1 heterocycles. The monoisotopic (exact) mass is 243 g/mol. The Balaban J connectivity index is 2.46. The van der Waals surface area contributed by atoms with Gasteiger partial charge in [0, 0.05) is 6.07 Å². The third kappa shape index (κ3) is 2.42. The van der Waals surface area contributed by atoms with Gasteiger partial charge in [0.1, 0.15) is 5.82 Å². The van der Waals surface area contributed by atoms with Gasteiger partial charge >= 0.3 is 0 Å². The van der Waals surface area contributed by atoms with E-state index in [0.717, 1.165) is 5.56 Å². The van der Waals surface area contributed by atoms with Gasteiger partial charge in [0.15, 0.2) is 0 Å². The van der Waals surface area contributed by atoms with Crippen molar-refractivity contribution in [3.05, 3.63) is 56.9 Å². The zero-order valence-corrected chi connectivity index (χ0v) is 10.9. The zero-order valence-electron chi connectivity index (χ0n) is 10.9. The van der Waals surface area contributed by atoms with Crippen molar-refractivity contribution in [1.29, 1.82) is 0 Å². The maximum atomic E-state index is 11.7. The van der Waals surface area contributed by atoms with Gasteiger partial charge in [-0.05, 0) is 43.5 Å². The van der Waals surface area contributed by atoms with E-state index in [2.05, 4.69) is 24.2 Å².